The molecule has 0 spiro atoms. The van der Waals surface area contributed by atoms with Crippen molar-refractivity contribution < 1.29 is 4.79 Å². The first-order valence-corrected chi connectivity index (χ1v) is 3.68. The van der Waals surface area contributed by atoms with Gasteiger partial charge in [-0.1, -0.05) is 12.1 Å². The summed E-state index contributed by atoms with van der Waals surface area (Å²) in [6, 6.07) is 7.57. The number of nitrogens with two attached hydrogens (primary N) is 1. The minimum atomic E-state index is -0.240. The molecule has 3 heteroatoms. The Labute approximate surface area is 70.3 Å². The third-order valence-corrected chi connectivity index (χ3v) is 2.03. The van der Waals surface area contributed by atoms with Gasteiger partial charge < -0.3 is 0 Å². The lowest BCUT2D eigenvalue weighted by Gasteiger charge is -2.16. The number of quaternary nitrogens is 1. The van der Waals surface area contributed by atoms with E-state index in [-0.39, 0.29) is 4.59 Å². The van der Waals surface area contributed by atoms with Gasteiger partial charge in [-0.25, -0.2) is 4.79 Å². The Kier molecular flexibility index (Phi) is 1.36. The van der Waals surface area contributed by atoms with Crippen molar-refractivity contribution in [3.63, 3.8) is 0 Å². The molecule has 1 unspecified atom stereocenters. The van der Waals surface area contributed by atoms with Gasteiger partial charge in [0.15, 0.2) is 5.69 Å². The van der Waals surface area contributed by atoms with Crippen LogP contribution in [-0.2, 0) is 4.79 Å². The molecule has 0 saturated heterocycles. The predicted molar refractivity (Wildman–Crippen MR) is 47.5 cm³/mol. The molecule has 0 saturated carbocycles. The molecule has 1 aliphatic heterocycles. The van der Waals surface area contributed by atoms with E-state index in [1.54, 1.807) is 6.20 Å². The third kappa shape index (κ3) is 0.809. The maximum atomic E-state index is 10.7. The van der Waals surface area contributed by atoms with Crippen molar-refractivity contribution in [2.75, 3.05) is 0 Å². The van der Waals surface area contributed by atoms with Crippen LogP contribution in [0.4, 0.5) is 5.69 Å². The Bertz CT molecular complexity index is 359. The van der Waals surface area contributed by atoms with Crippen LogP contribution in [0.25, 0.3) is 6.08 Å². The van der Waals surface area contributed by atoms with E-state index >= 15 is 0 Å². The van der Waals surface area contributed by atoms with Crippen molar-refractivity contribution in [2.24, 2.45) is 5.84 Å². The third-order valence-electron chi connectivity index (χ3n) is 2.03. The van der Waals surface area contributed by atoms with Gasteiger partial charge in [0.2, 0.25) is 0 Å². The van der Waals surface area contributed by atoms with E-state index in [1.165, 1.54) is 0 Å². The summed E-state index contributed by atoms with van der Waals surface area (Å²) in [6.45, 7) is 0. The second-order valence-corrected chi connectivity index (χ2v) is 2.81. The summed E-state index contributed by atoms with van der Waals surface area (Å²) >= 11 is 0. The Morgan fingerprint density at radius 2 is 2.08 bits per heavy atom. The van der Waals surface area contributed by atoms with Gasteiger partial charge in [0.25, 0.3) is 0 Å². The number of carbonyl (C=O) groups is 1. The maximum Gasteiger partial charge on any atom is 0.330 e. The summed E-state index contributed by atoms with van der Waals surface area (Å²) < 4.78 is -0.240. The lowest BCUT2D eigenvalue weighted by atomic mass is 10.2. The summed E-state index contributed by atoms with van der Waals surface area (Å²) in [5.41, 5.74) is 1.83. The van der Waals surface area contributed by atoms with Crippen molar-refractivity contribution in [3.05, 3.63) is 36.0 Å². The number of rotatable bonds is 1. The minimum absolute atomic E-state index is 0.240. The largest absolute Gasteiger partial charge is 0.330 e. The predicted octanol–water partition coefficient (Wildman–Crippen LogP) is 1.01. The highest BCUT2D eigenvalue weighted by Gasteiger charge is 2.30. The van der Waals surface area contributed by atoms with Crippen molar-refractivity contribution in [3.8, 4) is 0 Å². The molecule has 0 aromatic heterocycles. The highest BCUT2D eigenvalue weighted by molar-refractivity contribution is 5.83. The van der Waals surface area contributed by atoms with Crippen molar-refractivity contribution in [1.29, 1.82) is 0 Å². The molecule has 0 bridgehead atoms. The van der Waals surface area contributed by atoms with Crippen molar-refractivity contribution in [1.82, 2.24) is 4.59 Å². The topological polar surface area (TPSA) is 43.1 Å². The molecule has 3 nitrogen and oxygen atoms in total. The number of fused-ring (bicyclic) bond motifs is 1. The zero-order chi connectivity index (χ0) is 8.60. The smallest absolute Gasteiger partial charge is 0.231 e. The number of carbonyl (C=O) groups excluding carboxylic acids is 1. The van der Waals surface area contributed by atoms with E-state index in [0.717, 1.165) is 11.3 Å². The average Bonchev–Trinajstić information content (AvgIpc) is 2.46. The molecule has 0 radical (unpaired) electrons. The standard InChI is InChI=1S/C9H9N2O/c10-11(7-12)6-5-8-3-1-2-4-9(8)11/h1-7H,10H2/q+1. The lowest BCUT2D eigenvalue weighted by molar-refractivity contribution is -0.115. The Balaban J connectivity index is 2.63. The van der Waals surface area contributed by atoms with Gasteiger partial charge in [0.1, 0.15) is 6.20 Å². The van der Waals surface area contributed by atoms with Crippen LogP contribution in [0.3, 0.4) is 0 Å². The number of amides is 1. The monoisotopic (exact) mass is 161 g/mol. The lowest BCUT2D eigenvalue weighted by Crippen LogP contribution is -2.48. The molecular weight excluding hydrogens is 152 g/mol. The van der Waals surface area contributed by atoms with Gasteiger partial charge >= 0.3 is 6.41 Å². The first kappa shape index (κ1) is 7.21. The molecule has 0 fully saturated rings. The fraction of sp³-hybridized carbons (Fsp3) is 0. The molecule has 60 valence electrons. The number of nitrogens with zero attached hydrogens (tertiary/aromatic N) is 1. The first-order valence-electron chi connectivity index (χ1n) is 3.68. The summed E-state index contributed by atoms with van der Waals surface area (Å²) in [6.07, 6.45) is 4.23. The van der Waals surface area contributed by atoms with E-state index in [9.17, 15) is 4.79 Å². The van der Waals surface area contributed by atoms with E-state index in [0.29, 0.717) is 6.41 Å². The molecule has 1 aromatic carbocycles. The van der Waals surface area contributed by atoms with E-state index in [4.69, 9.17) is 5.84 Å². The van der Waals surface area contributed by atoms with Gasteiger partial charge in [0.05, 0.1) is 0 Å². The quantitative estimate of drug-likeness (QED) is 0.289. The second-order valence-electron chi connectivity index (χ2n) is 2.81. The van der Waals surface area contributed by atoms with E-state index < -0.39 is 0 Å². The first-order chi connectivity index (χ1) is 5.76. The number of hydrogen-bond donors (Lipinski definition) is 1. The van der Waals surface area contributed by atoms with Crippen molar-refractivity contribution >= 4 is 18.2 Å². The van der Waals surface area contributed by atoms with Gasteiger partial charge in [-0.05, 0) is 6.07 Å². The summed E-state index contributed by atoms with van der Waals surface area (Å²) in [4.78, 5) is 10.7. The van der Waals surface area contributed by atoms with Crippen molar-refractivity contribution in [2.45, 2.75) is 0 Å². The van der Waals surface area contributed by atoms with Crippen LogP contribution in [-0.4, -0.2) is 6.41 Å². The van der Waals surface area contributed by atoms with Crippen LogP contribution in [0.2, 0.25) is 0 Å². The Hall–Kier alpha value is -1.45. The number of para-hydroxylation sites is 1. The fourth-order valence-electron chi connectivity index (χ4n) is 1.36. The highest BCUT2D eigenvalue weighted by atomic mass is 16.2. The van der Waals surface area contributed by atoms with Crippen LogP contribution >= 0.6 is 0 Å². The molecule has 1 aromatic rings. The molecule has 0 aliphatic carbocycles. The minimum Gasteiger partial charge on any atom is -0.231 e. The summed E-state index contributed by atoms with van der Waals surface area (Å²) in [5.74, 6) is 5.75. The number of benzene rings is 1. The molecule has 2 N–H and O–H groups in total. The van der Waals surface area contributed by atoms with Crippen LogP contribution in [0.15, 0.2) is 30.5 Å². The molecule has 1 heterocycles. The Morgan fingerprint density at radius 1 is 1.33 bits per heavy atom. The summed E-state index contributed by atoms with van der Waals surface area (Å²) in [5, 5.41) is 0. The van der Waals surface area contributed by atoms with Gasteiger partial charge in [-0.3, -0.25) is 0 Å². The molecule has 1 aliphatic rings. The van der Waals surface area contributed by atoms with Crippen LogP contribution < -0.4 is 10.4 Å². The molecular formula is C9H9N2O+. The van der Waals surface area contributed by atoms with Gasteiger partial charge in [-0.2, -0.15) is 5.84 Å². The van der Waals surface area contributed by atoms with Gasteiger partial charge in [0, 0.05) is 17.7 Å². The van der Waals surface area contributed by atoms with Crippen LogP contribution in [0, 0.1) is 0 Å². The molecule has 12 heavy (non-hydrogen) atoms. The molecule has 1 atom stereocenters. The van der Waals surface area contributed by atoms with Gasteiger partial charge in [-0.15, -0.1) is 4.59 Å². The van der Waals surface area contributed by atoms with Crippen LogP contribution in [0.5, 0.6) is 0 Å². The second kappa shape index (κ2) is 2.27. The average molecular weight is 161 g/mol. The zero-order valence-electron chi connectivity index (χ0n) is 6.47. The van der Waals surface area contributed by atoms with E-state index in [1.807, 2.05) is 30.3 Å². The fourth-order valence-corrected chi connectivity index (χ4v) is 1.36. The molecule has 1 amide bonds. The summed E-state index contributed by atoms with van der Waals surface area (Å²) in [7, 11) is 0. The molecule has 2 rings (SSSR count). The highest BCUT2D eigenvalue weighted by Crippen LogP contribution is 2.30. The van der Waals surface area contributed by atoms with Crippen LogP contribution in [0.1, 0.15) is 5.56 Å². The SMILES string of the molecule is N[N+]1(C=O)C=Cc2ccccc21. The number of hydrogen-bond acceptors (Lipinski definition) is 2. The Morgan fingerprint density at radius 3 is 2.83 bits per heavy atom. The zero-order valence-corrected chi connectivity index (χ0v) is 6.47. The normalized spacial score (nSPS) is 25.4. The van der Waals surface area contributed by atoms with E-state index in [2.05, 4.69) is 0 Å². The maximum absolute atomic E-state index is 10.7.